The lowest BCUT2D eigenvalue weighted by molar-refractivity contribution is -0.384. The molecule has 1 saturated heterocycles. The SMILES string of the molecule is CCN1C(=O)C(c2ccc([N+](=O)[O-])cc2)=C(N2CCCC(CO)C2)C1=O. The second kappa shape index (κ2) is 7.25. The smallest absolute Gasteiger partial charge is 0.277 e. The lowest BCUT2D eigenvalue weighted by Gasteiger charge is -2.34. The Bertz CT molecular complexity index is 772. The number of likely N-dealkylation sites (tertiary alicyclic amines) is 1. The first-order valence-corrected chi connectivity index (χ1v) is 8.69. The van der Waals surface area contributed by atoms with Gasteiger partial charge in [-0.05, 0) is 43.4 Å². The minimum atomic E-state index is -0.504. The van der Waals surface area contributed by atoms with Gasteiger partial charge in [0, 0.05) is 38.4 Å². The van der Waals surface area contributed by atoms with Gasteiger partial charge < -0.3 is 10.0 Å². The Kier molecular flexibility index (Phi) is 5.03. The Morgan fingerprint density at radius 1 is 1.23 bits per heavy atom. The molecule has 8 heteroatoms. The van der Waals surface area contributed by atoms with Crippen molar-refractivity contribution < 1.29 is 19.6 Å². The summed E-state index contributed by atoms with van der Waals surface area (Å²) in [6.45, 7) is 3.18. The minimum Gasteiger partial charge on any atom is -0.396 e. The summed E-state index contributed by atoms with van der Waals surface area (Å²) < 4.78 is 0. The van der Waals surface area contributed by atoms with Crippen molar-refractivity contribution in [1.29, 1.82) is 0 Å². The summed E-state index contributed by atoms with van der Waals surface area (Å²) in [5.41, 5.74) is 1.04. The topological polar surface area (TPSA) is 104 Å². The van der Waals surface area contributed by atoms with E-state index in [4.69, 9.17) is 0 Å². The second-order valence-corrected chi connectivity index (χ2v) is 6.52. The number of likely N-dealkylation sites (N-methyl/N-ethyl adjacent to an activating group) is 1. The molecule has 0 spiro atoms. The number of amides is 2. The number of carbonyl (C=O) groups is 2. The van der Waals surface area contributed by atoms with Crippen LogP contribution in [0, 0.1) is 16.0 Å². The number of nitro groups is 1. The Labute approximate surface area is 150 Å². The van der Waals surface area contributed by atoms with Crippen LogP contribution < -0.4 is 0 Å². The number of piperidine rings is 1. The summed E-state index contributed by atoms with van der Waals surface area (Å²) in [5, 5.41) is 20.3. The van der Waals surface area contributed by atoms with E-state index in [9.17, 15) is 24.8 Å². The van der Waals surface area contributed by atoms with Crippen molar-refractivity contribution in [2.45, 2.75) is 19.8 Å². The fraction of sp³-hybridized carbons (Fsp3) is 0.444. The molecule has 2 aliphatic rings. The van der Waals surface area contributed by atoms with Crippen LogP contribution in [0.2, 0.25) is 0 Å². The fourth-order valence-corrected chi connectivity index (χ4v) is 3.57. The van der Waals surface area contributed by atoms with E-state index in [0.29, 0.717) is 24.4 Å². The van der Waals surface area contributed by atoms with Crippen LogP contribution in [0.4, 0.5) is 5.69 Å². The molecule has 1 fully saturated rings. The Morgan fingerprint density at radius 2 is 1.92 bits per heavy atom. The number of aliphatic hydroxyl groups is 1. The molecule has 1 aromatic carbocycles. The summed E-state index contributed by atoms with van der Waals surface area (Å²) in [5.74, 6) is -0.662. The molecule has 1 atom stereocenters. The lowest BCUT2D eigenvalue weighted by atomic mass is 9.97. The number of hydrogen-bond donors (Lipinski definition) is 1. The van der Waals surface area contributed by atoms with Gasteiger partial charge in [0.2, 0.25) is 0 Å². The van der Waals surface area contributed by atoms with Crippen LogP contribution in [0.5, 0.6) is 0 Å². The van der Waals surface area contributed by atoms with Crippen LogP contribution in [-0.2, 0) is 9.59 Å². The van der Waals surface area contributed by atoms with E-state index in [0.717, 1.165) is 12.8 Å². The first-order chi connectivity index (χ1) is 12.5. The number of nitrogens with zero attached hydrogens (tertiary/aromatic N) is 3. The molecule has 0 saturated carbocycles. The third kappa shape index (κ3) is 3.08. The first-order valence-electron chi connectivity index (χ1n) is 8.69. The summed E-state index contributed by atoms with van der Waals surface area (Å²) in [4.78, 5) is 39.1. The summed E-state index contributed by atoms with van der Waals surface area (Å²) in [7, 11) is 0. The molecule has 2 heterocycles. The number of rotatable bonds is 5. The maximum Gasteiger partial charge on any atom is 0.277 e. The van der Waals surface area contributed by atoms with Crippen LogP contribution >= 0.6 is 0 Å². The molecule has 26 heavy (non-hydrogen) atoms. The van der Waals surface area contributed by atoms with Crippen molar-refractivity contribution in [2.24, 2.45) is 5.92 Å². The van der Waals surface area contributed by atoms with Gasteiger partial charge in [0.15, 0.2) is 0 Å². The molecule has 1 aromatic rings. The molecule has 8 nitrogen and oxygen atoms in total. The Morgan fingerprint density at radius 3 is 2.50 bits per heavy atom. The number of benzene rings is 1. The molecular weight excluding hydrogens is 338 g/mol. The van der Waals surface area contributed by atoms with Gasteiger partial charge in [-0.15, -0.1) is 0 Å². The predicted octanol–water partition coefficient (Wildman–Crippen LogP) is 1.40. The summed E-state index contributed by atoms with van der Waals surface area (Å²) in [6, 6.07) is 5.68. The largest absolute Gasteiger partial charge is 0.396 e. The highest BCUT2D eigenvalue weighted by Gasteiger charge is 2.41. The first kappa shape index (κ1) is 18.1. The monoisotopic (exact) mass is 359 g/mol. The van der Waals surface area contributed by atoms with Gasteiger partial charge in [-0.1, -0.05) is 0 Å². The average molecular weight is 359 g/mol. The summed E-state index contributed by atoms with van der Waals surface area (Å²) in [6.07, 6.45) is 1.71. The van der Waals surface area contributed by atoms with E-state index in [2.05, 4.69) is 0 Å². The van der Waals surface area contributed by atoms with Crippen LogP contribution in [0.3, 0.4) is 0 Å². The average Bonchev–Trinajstić information content (AvgIpc) is 2.91. The van der Waals surface area contributed by atoms with Gasteiger partial charge >= 0.3 is 0 Å². The minimum absolute atomic E-state index is 0.0380. The zero-order chi connectivity index (χ0) is 18.8. The van der Waals surface area contributed by atoms with Crippen molar-refractivity contribution in [1.82, 2.24) is 9.80 Å². The maximum absolute atomic E-state index is 12.8. The summed E-state index contributed by atoms with van der Waals surface area (Å²) >= 11 is 0. The van der Waals surface area contributed by atoms with Crippen molar-refractivity contribution >= 4 is 23.1 Å². The molecule has 1 unspecified atom stereocenters. The standard InChI is InChI=1S/C18H21N3O5/c1-2-20-17(23)15(13-5-7-14(8-6-13)21(25)26)16(18(20)24)19-9-3-4-12(10-19)11-22/h5-8,12,22H,2-4,9-11H2,1H3. The van der Waals surface area contributed by atoms with Crippen LogP contribution in [0.15, 0.2) is 30.0 Å². The highest BCUT2D eigenvalue weighted by Crippen LogP contribution is 2.34. The van der Waals surface area contributed by atoms with Crippen molar-refractivity contribution in [3.63, 3.8) is 0 Å². The van der Waals surface area contributed by atoms with E-state index in [-0.39, 0.29) is 42.1 Å². The third-order valence-corrected chi connectivity index (χ3v) is 4.92. The number of non-ortho nitro benzene ring substituents is 1. The zero-order valence-electron chi connectivity index (χ0n) is 14.6. The van der Waals surface area contributed by atoms with Crippen molar-refractivity contribution in [3.8, 4) is 0 Å². The van der Waals surface area contributed by atoms with Gasteiger partial charge in [-0.3, -0.25) is 24.6 Å². The molecule has 2 amide bonds. The number of imide groups is 1. The normalized spacial score (nSPS) is 20.9. The molecule has 0 aliphatic carbocycles. The van der Waals surface area contributed by atoms with Gasteiger partial charge in [0.1, 0.15) is 5.70 Å². The number of carbonyl (C=O) groups excluding carboxylic acids is 2. The van der Waals surface area contributed by atoms with E-state index >= 15 is 0 Å². The molecule has 138 valence electrons. The second-order valence-electron chi connectivity index (χ2n) is 6.52. The number of aliphatic hydroxyl groups excluding tert-OH is 1. The Hall–Kier alpha value is -2.74. The predicted molar refractivity (Wildman–Crippen MR) is 93.8 cm³/mol. The van der Waals surface area contributed by atoms with Crippen LogP contribution in [-0.4, -0.2) is 57.9 Å². The van der Waals surface area contributed by atoms with Crippen LogP contribution in [0.25, 0.3) is 5.57 Å². The highest BCUT2D eigenvalue weighted by atomic mass is 16.6. The van der Waals surface area contributed by atoms with Crippen LogP contribution in [0.1, 0.15) is 25.3 Å². The zero-order valence-corrected chi connectivity index (χ0v) is 14.6. The number of nitro benzene ring substituents is 1. The number of hydrogen-bond acceptors (Lipinski definition) is 6. The third-order valence-electron chi connectivity index (χ3n) is 4.92. The molecule has 1 N–H and O–H groups in total. The molecule has 3 rings (SSSR count). The van der Waals surface area contributed by atoms with E-state index in [1.807, 2.05) is 4.90 Å². The molecule has 2 aliphatic heterocycles. The highest BCUT2D eigenvalue weighted by molar-refractivity contribution is 6.35. The molecular formula is C18H21N3O5. The van der Waals surface area contributed by atoms with E-state index < -0.39 is 4.92 Å². The Balaban J connectivity index is 2.05. The molecule has 0 aromatic heterocycles. The quantitative estimate of drug-likeness (QED) is 0.484. The van der Waals surface area contributed by atoms with Gasteiger partial charge in [-0.25, -0.2) is 0 Å². The fourth-order valence-electron chi connectivity index (χ4n) is 3.57. The van der Waals surface area contributed by atoms with Gasteiger partial charge in [0.05, 0.1) is 10.5 Å². The molecule has 0 bridgehead atoms. The molecule has 0 radical (unpaired) electrons. The van der Waals surface area contributed by atoms with Gasteiger partial charge in [0.25, 0.3) is 17.5 Å². The van der Waals surface area contributed by atoms with Crippen molar-refractivity contribution in [2.75, 3.05) is 26.2 Å². The lowest BCUT2D eigenvalue weighted by Crippen LogP contribution is -2.40. The van der Waals surface area contributed by atoms with Crippen molar-refractivity contribution in [3.05, 3.63) is 45.6 Å². The van der Waals surface area contributed by atoms with E-state index in [1.165, 1.54) is 29.2 Å². The van der Waals surface area contributed by atoms with Gasteiger partial charge in [-0.2, -0.15) is 0 Å². The maximum atomic E-state index is 12.8. The van der Waals surface area contributed by atoms with E-state index in [1.54, 1.807) is 6.92 Å².